The van der Waals surface area contributed by atoms with Crippen LogP contribution in [0.5, 0.6) is 11.6 Å². The predicted molar refractivity (Wildman–Crippen MR) is 110 cm³/mol. The summed E-state index contributed by atoms with van der Waals surface area (Å²) in [6.45, 7) is 5.24. The molecule has 0 aliphatic rings. The first kappa shape index (κ1) is 18.0. The highest BCUT2D eigenvalue weighted by atomic mass is 16.5. The molecule has 0 amide bonds. The molecule has 4 rings (SSSR count). The number of hydrogen-bond donors (Lipinski definition) is 1. The Morgan fingerprint density at radius 2 is 1.86 bits per heavy atom. The maximum atomic E-state index is 5.77. The molecule has 2 aromatic carbocycles. The van der Waals surface area contributed by atoms with Crippen LogP contribution in [0.2, 0.25) is 0 Å². The Morgan fingerprint density at radius 3 is 2.61 bits per heavy atom. The molecular weight excluding hydrogens is 350 g/mol. The van der Waals surface area contributed by atoms with E-state index in [1.54, 1.807) is 0 Å². The number of nitrogens with zero attached hydrogens (tertiary/aromatic N) is 2. The summed E-state index contributed by atoms with van der Waals surface area (Å²) in [5.41, 5.74) is 4.11. The third-order valence-corrected chi connectivity index (χ3v) is 4.68. The number of hydrogen-bond acceptors (Lipinski definition) is 4. The topological polar surface area (TPSA) is 60.0 Å². The minimum Gasteiger partial charge on any atom is -0.494 e. The van der Waals surface area contributed by atoms with Crippen molar-refractivity contribution >= 4 is 11.0 Å². The lowest BCUT2D eigenvalue weighted by atomic mass is 10.0. The fourth-order valence-corrected chi connectivity index (χ4v) is 3.09. The molecule has 0 spiro atoms. The van der Waals surface area contributed by atoms with Gasteiger partial charge in [0.1, 0.15) is 18.2 Å². The average Bonchev–Trinajstić information content (AvgIpc) is 3.16. The minimum absolute atomic E-state index is 0.0959. The van der Waals surface area contributed by atoms with Crippen LogP contribution in [-0.4, -0.2) is 21.6 Å². The van der Waals surface area contributed by atoms with Crippen LogP contribution in [0.1, 0.15) is 36.7 Å². The smallest absolute Gasteiger partial charge is 0.213 e. The first-order valence-electron chi connectivity index (χ1n) is 9.48. The van der Waals surface area contributed by atoms with Gasteiger partial charge in [0.25, 0.3) is 0 Å². The van der Waals surface area contributed by atoms with Crippen LogP contribution in [0.25, 0.3) is 11.0 Å². The molecule has 2 heterocycles. The predicted octanol–water partition coefficient (Wildman–Crippen LogP) is 5.09. The van der Waals surface area contributed by atoms with Crippen molar-refractivity contribution < 1.29 is 9.47 Å². The summed E-state index contributed by atoms with van der Waals surface area (Å²) >= 11 is 0. The molecular formula is C23H23N3O2. The second-order valence-corrected chi connectivity index (χ2v) is 6.66. The summed E-state index contributed by atoms with van der Waals surface area (Å²) in [7, 11) is 0. The van der Waals surface area contributed by atoms with Gasteiger partial charge in [0, 0.05) is 24.2 Å². The molecule has 0 fully saturated rings. The third-order valence-electron chi connectivity index (χ3n) is 4.68. The van der Waals surface area contributed by atoms with Crippen LogP contribution in [0, 0.1) is 0 Å². The zero-order chi connectivity index (χ0) is 19.3. The largest absolute Gasteiger partial charge is 0.494 e. The molecule has 1 N–H and O–H groups in total. The van der Waals surface area contributed by atoms with Gasteiger partial charge >= 0.3 is 0 Å². The number of pyridine rings is 1. The summed E-state index contributed by atoms with van der Waals surface area (Å²) in [6.07, 6.45) is 1.85. The molecule has 0 aliphatic carbocycles. The zero-order valence-corrected chi connectivity index (χ0v) is 16.1. The minimum atomic E-state index is 0.0959. The highest BCUT2D eigenvalue weighted by Crippen LogP contribution is 2.26. The molecule has 5 heteroatoms. The number of benzene rings is 2. The van der Waals surface area contributed by atoms with E-state index in [2.05, 4.69) is 16.9 Å². The molecule has 1 atom stereocenters. The quantitative estimate of drug-likeness (QED) is 0.490. The van der Waals surface area contributed by atoms with Gasteiger partial charge < -0.3 is 14.5 Å². The van der Waals surface area contributed by atoms with Crippen molar-refractivity contribution in [2.45, 2.75) is 26.4 Å². The molecule has 0 aliphatic heterocycles. The van der Waals surface area contributed by atoms with Gasteiger partial charge in [0.2, 0.25) is 5.88 Å². The number of H-pyrrole nitrogens is 1. The van der Waals surface area contributed by atoms with Crippen molar-refractivity contribution in [3.05, 3.63) is 83.8 Å². The van der Waals surface area contributed by atoms with Crippen molar-refractivity contribution in [3.63, 3.8) is 0 Å². The third kappa shape index (κ3) is 3.98. The van der Waals surface area contributed by atoms with Gasteiger partial charge in [-0.3, -0.25) is 0 Å². The molecule has 28 heavy (non-hydrogen) atoms. The Balaban J connectivity index is 1.47. The van der Waals surface area contributed by atoms with Crippen molar-refractivity contribution in [2.24, 2.45) is 0 Å². The summed E-state index contributed by atoms with van der Waals surface area (Å²) in [5, 5.41) is 0. The number of rotatable bonds is 7. The van der Waals surface area contributed by atoms with E-state index in [1.165, 1.54) is 0 Å². The first-order valence-corrected chi connectivity index (χ1v) is 9.48. The number of ether oxygens (including phenoxy) is 2. The van der Waals surface area contributed by atoms with Gasteiger partial charge in [0.15, 0.2) is 0 Å². The lowest BCUT2D eigenvalue weighted by molar-refractivity contribution is 0.293. The van der Waals surface area contributed by atoms with E-state index in [4.69, 9.17) is 14.5 Å². The van der Waals surface area contributed by atoms with Crippen molar-refractivity contribution in [3.8, 4) is 11.6 Å². The van der Waals surface area contributed by atoms with Crippen molar-refractivity contribution in [1.82, 2.24) is 15.0 Å². The summed E-state index contributed by atoms with van der Waals surface area (Å²) in [5.74, 6) is 2.45. The number of aromatic nitrogens is 3. The molecule has 2 aromatic heterocycles. The van der Waals surface area contributed by atoms with Gasteiger partial charge in [-0.1, -0.05) is 43.3 Å². The van der Waals surface area contributed by atoms with Crippen LogP contribution < -0.4 is 9.47 Å². The van der Waals surface area contributed by atoms with E-state index in [0.29, 0.717) is 19.1 Å². The molecule has 0 radical (unpaired) electrons. The highest BCUT2D eigenvalue weighted by molar-refractivity contribution is 5.77. The number of aromatic amines is 1. The number of imidazole rings is 1. The summed E-state index contributed by atoms with van der Waals surface area (Å²) in [4.78, 5) is 12.6. The van der Waals surface area contributed by atoms with Crippen LogP contribution in [-0.2, 0) is 6.61 Å². The van der Waals surface area contributed by atoms with Gasteiger partial charge in [-0.05, 0) is 30.2 Å². The van der Waals surface area contributed by atoms with E-state index >= 15 is 0 Å². The molecule has 142 valence electrons. The summed E-state index contributed by atoms with van der Waals surface area (Å²) < 4.78 is 11.3. The molecule has 4 aromatic rings. The van der Waals surface area contributed by atoms with Gasteiger partial charge in [-0.2, -0.15) is 0 Å². The Labute approximate surface area is 164 Å². The SMILES string of the molecule is CCOc1ccc2[nH]c(C(C)c3ccc(OCc4ccccc4)nc3)nc2c1. The van der Waals surface area contributed by atoms with E-state index in [0.717, 1.165) is 33.7 Å². The van der Waals surface area contributed by atoms with E-state index in [-0.39, 0.29) is 5.92 Å². The Morgan fingerprint density at radius 1 is 1.00 bits per heavy atom. The Kier molecular flexibility index (Phi) is 5.24. The summed E-state index contributed by atoms with van der Waals surface area (Å²) in [6, 6.07) is 19.9. The maximum absolute atomic E-state index is 5.77. The van der Waals surface area contributed by atoms with Crippen molar-refractivity contribution in [2.75, 3.05) is 6.61 Å². The van der Waals surface area contributed by atoms with Gasteiger partial charge in [0.05, 0.1) is 17.6 Å². The lowest BCUT2D eigenvalue weighted by Crippen LogP contribution is -2.01. The maximum Gasteiger partial charge on any atom is 0.213 e. The molecule has 1 unspecified atom stereocenters. The second kappa shape index (κ2) is 8.13. The Hall–Kier alpha value is -3.34. The highest BCUT2D eigenvalue weighted by Gasteiger charge is 2.14. The van der Waals surface area contributed by atoms with Crippen LogP contribution in [0.4, 0.5) is 0 Å². The molecule has 5 nitrogen and oxygen atoms in total. The average molecular weight is 373 g/mol. The zero-order valence-electron chi connectivity index (χ0n) is 16.1. The molecule has 0 saturated heterocycles. The van der Waals surface area contributed by atoms with E-state index in [1.807, 2.05) is 73.8 Å². The molecule has 0 bridgehead atoms. The number of fused-ring (bicyclic) bond motifs is 1. The molecule has 0 saturated carbocycles. The lowest BCUT2D eigenvalue weighted by Gasteiger charge is -2.10. The second-order valence-electron chi connectivity index (χ2n) is 6.66. The Bertz CT molecular complexity index is 1040. The standard InChI is InChI=1S/C23H23N3O2/c1-3-27-19-10-11-20-21(13-19)26-23(25-20)16(2)18-9-12-22(24-14-18)28-15-17-7-5-4-6-8-17/h4-14,16H,3,15H2,1-2H3,(H,25,26). The number of nitrogens with one attached hydrogen (secondary N) is 1. The van der Waals surface area contributed by atoms with Gasteiger partial charge in [-0.15, -0.1) is 0 Å². The normalized spacial score (nSPS) is 12.1. The van der Waals surface area contributed by atoms with Crippen LogP contribution in [0.15, 0.2) is 66.9 Å². The van der Waals surface area contributed by atoms with Gasteiger partial charge in [-0.25, -0.2) is 9.97 Å². The fourth-order valence-electron chi connectivity index (χ4n) is 3.09. The van der Waals surface area contributed by atoms with E-state index in [9.17, 15) is 0 Å². The van der Waals surface area contributed by atoms with Crippen LogP contribution in [0.3, 0.4) is 0 Å². The van der Waals surface area contributed by atoms with E-state index < -0.39 is 0 Å². The monoisotopic (exact) mass is 373 g/mol. The van der Waals surface area contributed by atoms with Crippen LogP contribution >= 0.6 is 0 Å². The van der Waals surface area contributed by atoms with Crippen molar-refractivity contribution in [1.29, 1.82) is 0 Å². The fraction of sp³-hybridized carbons (Fsp3) is 0.217. The first-order chi connectivity index (χ1) is 13.7.